The Hall–Kier alpha value is -1.84. The van der Waals surface area contributed by atoms with E-state index < -0.39 is 16.1 Å². The minimum Gasteiger partial charge on any atom is -0.482 e. The van der Waals surface area contributed by atoms with Crippen LogP contribution in [0.15, 0.2) is 17.0 Å². The zero-order chi connectivity index (χ0) is 21.5. The van der Waals surface area contributed by atoms with Gasteiger partial charge in [0.2, 0.25) is 15.9 Å². The number of carbonyl (C=O) groups excluding carboxylic acids is 2. The van der Waals surface area contributed by atoms with Gasteiger partial charge in [-0.2, -0.15) is 4.31 Å². The summed E-state index contributed by atoms with van der Waals surface area (Å²) >= 11 is 6.26. The topological polar surface area (TPSA) is 105 Å². The van der Waals surface area contributed by atoms with E-state index in [2.05, 4.69) is 17.6 Å². The van der Waals surface area contributed by atoms with Gasteiger partial charge in [-0.15, -0.1) is 0 Å². The number of benzene rings is 1. The van der Waals surface area contributed by atoms with Crippen molar-refractivity contribution < 1.29 is 22.7 Å². The monoisotopic (exact) mass is 455 g/mol. The van der Waals surface area contributed by atoms with Crippen LogP contribution in [0.5, 0.6) is 5.75 Å². The second-order valence-electron chi connectivity index (χ2n) is 8.35. The van der Waals surface area contributed by atoms with Gasteiger partial charge in [-0.3, -0.25) is 9.59 Å². The van der Waals surface area contributed by atoms with E-state index in [1.54, 1.807) is 0 Å². The van der Waals surface area contributed by atoms with Crippen LogP contribution in [-0.2, 0) is 19.6 Å². The lowest BCUT2D eigenvalue weighted by atomic mass is 9.87. The molecule has 8 nitrogen and oxygen atoms in total. The molecule has 0 bridgehead atoms. The zero-order valence-electron chi connectivity index (χ0n) is 16.8. The molecule has 1 saturated carbocycles. The van der Waals surface area contributed by atoms with Crippen molar-refractivity contribution in [2.75, 3.05) is 18.5 Å². The van der Waals surface area contributed by atoms with E-state index in [1.165, 1.54) is 16.4 Å². The van der Waals surface area contributed by atoms with Crippen LogP contribution in [-0.4, -0.2) is 49.8 Å². The lowest BCUT2D eigenvalue weighted by Gasteiger charge is -2.30. The van der Waals surface area contributed by atoms with Crippen molar-refractivity contribution in [2.45, 2.75) is 62.4 Å². The van der Waals surface area contributed by atoms with Gasteiger partial charge in [0, 0.05) is 18.7 Å². The molecular weight excluding hydrogens is 430 g/mol. The lowest BCUT2D eigenvalue weighted by molar-refractivity contribution is -0.125. The molecule has 0 unspecified atom stereocenters. The molecule has 0 aromatic heterocycles. The van der Waals surface area contributed by atoms with Crippen LogP contribution in [0.1, 0.15) is 45.4 Å². The summed E-state index contributed by atoms with van der Waals surface area (Å²) < 4.78 is 33.3. The van der Waals surface area contributed by atoms with Crippen LogP contribution in [0.4, 0.5) is 5.69 Å². The summed E-state index contributed by atoms with van der Waals surface area (Å²) in [5.41, 5.74) is 0.331. The molecule has 4 rings (SSSR count). The summed E-state index contributed by atoms with van der Waals surface area (Å²) in [5, 5.41) is 5.64. The van der Waals surface area contributed by atoms with Crippen molar-refractivity contribution >= 4 is 39.1 Å². The highest BCUT2D eigenvalue weighted by Gasteiger charge is 2.41. The Morgan fingerprint density at radius 1 is 1.23 bits per heavy atom. The largest absolute Gasteiger partial charge is 0.482 e. The SMILES string of the molecule is CC1CCC(NC(=O)[C@H]2CCCN2S(=O)(=O)c2cc3c(cc2Cl)NC(=O)CO3)CC1. The number of amides is 2. The first-order valence-corrected chi connectivity index (χ1v) is 12.2. The number of hydrogen-bond donors (Lipinski definition) is 2. The smallest absolute Gasteiger partial charge is 0.262 e. The molecule has 164 valence electrons. The maximum atomic E-state index is 13.4. The number of anilines is 1. The normalized spacial score (nSPS) is 27.1. The number of nitrogens with one attached hydrogen (secondary N) is 2. The van der Waals surface area contributed by atoms with Gasteiger partial charge in [-0.1, -0.05) is 18.5 Å². The third-order valence-corrected chi connectivity index (χ3v) is 8.50. The Morgan fingerprint density at radius 2 is 1.97 bits per heavy atom. The fraction of sp³-hybridized carbons (Fsp3) is 0.600. The van der Waals surface area contributed by atoms with E-state index in [4.69, 9.17) is 16.3 Å². The third-order valence-electron chi connectivity index (χ3n) is 6.12. The van der Waals surface area contributed by atoms with Gasteiger partial charge in [-0.25, -0.2) is 8.42 Å². The predicted molar refractivity (Wildman–Crippen MR) is 112 cm³/mol. The Balaban J connectivity index is 1.54. The molecule has 10 heteroatoms. The van der Waals surface area contributed by atoms with Gasteiger partial charge < -0.3 is 15.4 Å². The van der Waals surface area contributed by atoms with E-state index in [9.17, 15) is 18.0 Å². The minimum atomic E-state index is -4.01. The van der Waals surface area contributed by atoms with E-state index in [0.717, 1.165) is 25.7 Å². The summed E-state index contributed by atoms with van der Waals surface area (Å²) in [6.45, 7) is 2.27. The number of ether oxygens (including phenoxy) is 1. The molecule has 30 heavy (non-hydrogen) atoms. The molecule has 1 aromatic rings. The summed E-state index contributed by atoms with van der Waals surface area (Å²) in [6.07, 6.45) is 5.06. The molecule has 1 aliphatic carbocycles. The second kappa shape index (κ2) is 8.36. The van der Waals surface area contributed by atoms with Crippen LogP contribution in [0.25, 0.3) is 0 Å². The van der Waals surface area contributed by atoms with Crippen molar-refractivity contribution in [3.8, 4) is 5.75 Å². The Labute approximate surface area is 181 Å². The van der Waals surface area contributed by atoms with Crippen LogP contribution >= 0.6 is 11.6 Å². The molecule has 0 radical (unpaired) electrons. The average molecular weight is 456 g/mol. The molecule has 2 aliphatic heterocycles. The number of halogens is 1. The molecule has 1 saturated heterocycles. The molecule has 0 spiro atoms. The molecule has 2 fully saturated rings. The minimum absolute atomic E-state index is 0.0214. The van der Waals surface area contributed by atoms with Gasteiger partial charge >= 0.3 is 0 Å². The zero-order valence-corrected chi connectivity index (χ0v) is 18.4. The fourth-order valence-electron chi connectivity index (χ4n) is 4.40. The van der Waals surface area contributed by atoms with Gasteiger partial charge in [0.05, 0.1) is 10.7 Å². The van der Waals surface area contributed by atoms with Gasteiger partial charge in [-0.05, 0) is 50.5 Å². The van der Waals surface area contributed by atoms with E-state index in [-0.39, 0.29) is 46.7 Å². The molecular formula is C20H26ClN3O5S. The number of fused-ring (bicyclic) bond motifs is 1. The van der Waals surface area contributed by atoms with Gasteiger partial charge in [0.15, 0.2) is 6.61 Å². The van der Waals surface area contributed by atoms with Crippen molar-refractivity contribution in [3.05, 3.63) is 17.2 Å². The molecule has 3 aliphatic rings. The summed E-state index contributed by atoms with van der Waals surface area (Å²) in [6, 6.07) is 2.04. The Kier molecular flexibility index (Phi) is 5.96. The average Bonchev–Trinajstić information content (AvgIpc) is 3.20. The first kappa shape index (κ1) is 21.4. The van der Waals surface area contributed by atoms with Crippen LogP contribution < -0.4 is 15.4 Å². The van der Waals surface area contributed by atoms with Crippen molar-refractivity contribution in [3.63, 3.8) is 0 Å². The van der Waals surface area contributed by atoms with Gasteiger partial charge in [0.1, 0.15) is 16.7 Å². The highest BCUT2D eigenvalue weighted by Crippen LogP contribution is 2.38. The maximum Gasteiger partial charge on any atom is 0.262 e. The van der Waals surface area contributed by atoms with E-state index in [0.29, 0.717) is 24.4 Å². The molecule has 1 aromatic carbocycles. The first-order valence-electron chi connectivity index (χ1n) is 10.3. The number of hydrogen-bond acceptors (Lipinski definition) is 5. The van der Waals surface area contributed by atoms with Crippen molar-refractivity contribution in [1.29, 1.82) is 0 Å². The molecule has 2 N–H and O–H groups in total. The number of sulfonamides is 1. The highest BCUT2D eigenvalue weighted by atomic mass is 35.5. The highest BCUT2D eigenvalue weighted by molar-refractivity contribution is 7.89. The van der Waals surface area contributed by atoms with Crippen molar-refractivity contribution in [1.82, 2.24) is 9.62 Å². The van der Waals surface area contributed by atoms with Crippen LogP contribution in [0, 0.1) is 5.92 Å². The third kappa shape index (κ3) is 4.15. The lowest BCUT2D eigenvalue weighted by Crippen LogP contribution is -2.49. The quantitative estimate of drug-likeness (QED) is 0.725. The second-order valence-corrected chi connectivity index (χ2v) is 10.6. The fourth-order valence-corrected chi connectivity index (χ4v) is 6.57. The van der Waals surface area contributed by atoms with Gasteiger partial charge in [0.25, 0.3) is 5.91 Å². The van der Waals surface area contributed by atoms with E-state index in [1.807, 2.05) is 0 Å². The number of carbonyl (C=O) groups is 2. The number of nitrogens with zero attached hydrogens (tertiary/aromatic N) is 1. The Morgan fingerprint density at radius 3 is 2.70 bits per heavy atom. The van der Waals surface area contributed by atoms with Crippen LogP contribution in [0.2, 0.25) is 5.02 Å². The van der Waals surface area contributed by atoms with Crippen LogP contribution in [0.3, 0.4) is 0 Å². The number of rotatable bonds is 4. The Bertz CT molecular complexity index is 959. The summed E-state index contributed by atoms with van der Waals surface area (Å²) in [5.74, 6) is 0.338. The standard InChI is InChI=1S/C20H26ClN3O5S/c1-12-4-6-13(7-5-12)22-20(26)16-3-2-8-24(16)30(27,28)18-10-17-15(9-14(18)21)23-19(25)11-29-17/h9-10,12-13,16H,2-8,11H2,1H3,(H,22,26)(H,23,25)/t12?,13?,16-/m1/s1. The maximum absolute atomic E-state index is 13.4. The molecule has 1 atom stereocenters. The molecule has 2 heterocycles. The predicted octanol–water partition coefficient (Wildman–Crippen LogP) is 2.52. The summed E-state index contributed by atoms with van der Waals surface area (Å²) in [4.78, 5) is 24.3. The van der Waals surface area contributed by atoms with E-state index >= 15 is 0 Å². The van der Waals surface area contributed by atoms with Crippen molar-refractivity contribution in [2.24, 2.45) is 5.92 Å². The molecule has 2 amide bonds. The summed E-state index contributed by atoms with van der Waals surface area (Å²) in [7, 11) is -4.01. The first-order chi connectivity index (χ1) is 14.3.